The smallest absolute Gasteiger partial charge is 0.132 e. The molecule has 0 amide bonds. The molecule has 1 aromatic rings. The number of nitrogens with zero attached hydrogens (tertiary/aromatic N) is 3. The fourth-order valence-electron chi connectivity index (χ4n) is 1.92. The van der Waals surface area contributed by atoms with Crippen LogP contribution in [0.15, 0.2) is 12.4 Å². The molecule has 5 nitrogen and oxygen atoms in total. The Morgan fingerprint density at radius 3 is 3.12 bits per heavy atom. The number of ether oxygens (including phenoxy) is 1. The summed E-state index contributed by atoms with van der Waals surface area (Å²) in [6.45, 7) is 5.61. The molecule has 1 aliphatic heterocycles. The van der Waals surface area contributed by atoms with E-state index >= 15 is 0 Å². The Morgan fingerprint density at radius 2 is 2.41 bits per heavy atom. The van der Waals surface area contributed by atoms with E-state index < -0.39 is 0 Å². The minimum atomic E-state index is 0.244. The SMILES string of the molecule is CCc1cc(N(C)CC2CNCCO2)ncn1. The van der Waals surface area contributed by atoms with Crippen molar-refractivity contribution in [3.8, 4) is 0 Å². The first-order valence-electron chi connectivity index (χ1n) is 6.14. The number of likely N-dealkylation sites (N-methyl/N-ethyl adjacent to an activating group) is 1. The van der Waals surface area contributed by atoms with Crippen molar-refractivity contribution in [1.29, 1.82) is 0 Å². The molecule has 1 unspecified atom stereocenters. The zero-order chi connectivity index (χ0) is 12.1. The Balaban J connectivity index is 1.95. The van der Waals surface area contributed by atoms with Crippen LogP contribution in [-0.2, 0) is 11.2 Å². The molecule has 1 atom stereocenters. The third-order valence-electron chi connectivity index (χ3n) is 2.94. The van der Waals surface area contributed by atoms with Crippen LogP contribution in [0.5, 0.6) is 0 Å². The van der Waals surface area contributed by atoms with Gasteiger partial charge in [-0.15, -0.1) is 0 Å². The van der Waals surface area contributed by atoms with Crippen molar-refractivity contribution in [2.75, 3.05) is 38.2 Å². The van der Waals surface area contributed by atoms with Crippen molar-refractivity contribution in [3.05, 3.63) is 18.1 Å². The lowest BCUT2D eigenvalue weighted by molar-refractivity contribution is 0.0339. The molecule has 0 aromatic carbocycles. The molecular weight excluding hydrogens is 216 g/mol. The third kappa shape index (κ3) is 3.38. The second kappa shape index (κ2) is 5.93. The summed E-state index contributed by atoms with van der Waals surface area (Å²) in [5, 5.41) is 3.33. The summed E-state index contributed by atoms with van der Waals surface area (Å²) < 4.78 is 5.68. The molecular formula is C12H20N4O. The van der Waals surface area contributed by atoms with Crippen molar-refractivity contribution in [1.82, 2.24) is 15.3 Å². The van der Waals surface area contributed by atoms with Gasteiger partial charge in [0.2, 0.25) is 0 Å². The van der Waals surface area contributed by atoms with Gasteiger partial charge in [0.05, 0.1) is 12.7 Å². The van der Waals surface area contributed by atoms with E-state index in [0.29, 0.717) is 0 Å². The molecule has 5 heteroatoms. The van der Waals surface area contributed by atoms with Gasteiger partial charge in [-0.2, -0.15) is 0 Å². The van der Waals surface area contributed by atoms with Crippen LogP contribution in [0.2, 0.25) is 0 Å². The molecule has 0 aliphatic carbocycles. The summed E-state index contributed by atoms with van der Waals surface area (Å²) >= 11 is 0. The number of morpholine rings is 1. The second-order valence-corrected chi connectivity index (χ2v) is 4.30. The van der Waals surface area contributed by atoms with Crippen molar-refractivity contribution in [2.24, 2.45) is 0 Å². The van der Waals surface area contributed by atoms with Gasteiger partial charge >= 0.3 is 0 Å². The van der Waals surface area contributed by atoms with Crippen molar-refractivity contribution < 1.29 is 4.74 Å². The fraction of sp³-hybridized carbons (Fsp3) is 0.667. The number of aryl methyl sites for hydroxylation is 1. The Morgan fingerprint density at radius 1 is 1.53 bits per heavy atom. The molecule has 1 N–H and O–H groups in total. The summed E-state index contributed by atoms with van der Waals surface area (Å²) in [7, 11) is 2.04. The van der Waals surface area contributed by atoms with Gasteiger partial charge in [-0.3, -0.25) is 0 Å². The monoisotopic (exact) mass is 236 g/mol. The molecule has 1 aromatic heterocycles. The van der Waals surface area contributed by atoms with Gasteiger partial charge in [-0.05, 0) is 6.42 Å². The molecule has 1 saturated heterocycles. The van der Waals surface area contributed by atoms with Crippen LogP contribution in [0.25, 0.3) is 0 Å². The van der Waals surface area contributed by atoms with Crippen LogP contribution in [0.1, 0.15) is 12.6 Å². The van der Waals surface area contributed by atoms with Crippen molar-refractivity contribution in [3.63, 3.8) is 0 Å². The van der Waals surface area contributed by atoms with Crippen LogP contribution >= 0.6 is 0 Å². The van der Waals surface area contributed by atoms with E-state index in [1.165, 1.54) is 0 Å². The highest BCUT2D eigenvalue weighted by Gasteiger charge is 2.16. The first-order valence-corrected chi connectivity index (χ1v) is 6.14. The zero-order valence-electron chi connectivity index (χ0n) is 10.5. The van der Waals surface area contributed by atoms with Crippen LogP contribution in [0, 0.1) is 0 Å². The quantitative estimate of drug-likeness (QED) is 0.823. The number of hydrogen-bond acceptors (Lipinski definition) is 5. The molecule has 94 valence electrons. The van der Waals surface area contributed by atoms with Crippen LogP contribution in [0.4, 0.5) is 5.82 Å². The van der Waals surface area contributed by atoms with E-state index in [9.17, 15) is 0 Å². The van der Waals surface area contributed by atoms with Gasteiger partial charge in [0.25, 0.3) is 0 Å². The highest BCUT2D eigenvalue weighted by Crippen LogP contribution is 2.11. The maximum Gasteiger partial charge on any atom is 0.132 e. The fourth-order valence-corrected chi connectivity index (χ4v) is 1.92. The number of rotatable bonds is 4. The standard InChI is InChI=1S/C12H20N4O/c1-3-10-6-12(15-9-14-10)16(2)8-11-7-13-4-5-17-11/h6,9,11,13H,3-5,7-8H2,1-2H3. The van der Waals surface area contributed by atoms with Crippen LogP contribution in [0.3, 0.4) is 0 Å². The third-order valence-corrected chi connectivity index (χ3v) is 2.94. The normalized spacial score (nSPS) is 20.2. The lowest BCUT2D eigenvalue weighted by Crippen LogP contribution is -2.44. The minimum Gasteiger partial charge on any atom is -0.374 e. The van der Waals surface area contributed by atoms with Crippen LogP contribution in [-0.4, -0.2) is 49.4 Å². The lowest BCUT2D eigenvalue weighted by Gasteiger charge is -2.28. The number of nitrogens with one attached hydrogen (secondary N) is 1. The predicted molar refractivity (Wildman–Crippen MR) is 67.3 cm³/mol. The van der Waals surface area contributed by atoms with Gasteiger partial charge in [0, 0.05) is 38.4 Å². The highest BCUT2D eigenvalue weighted by molar-refractivity contribution is 5.37. The first kappa shape index (κ1) is 12.3. The van der Waals surface area contributed by atoms with E-state index in [1.54, 1.807) is 6.33 Å². The highest BCUT2D eigenvalue weighted by atomic mass is 16.5. The van der Waals surface area contributed by atoms with Gasteiger partial charge in [-0.25, -0.2) is 9.97 Å². The van der Waals surface area contributed by atoms with E-state index in [4.69, 9.17) is 4.74 Å². The summed E-state index contributed by atoms with van der Waals surface area (Å²) in [5.41, 5.74) is 1.07. The van der Waals surface area contributed by atoms with Gasteiger partial charge in [0.15, 0.2) is 0 Å². The molecule has 1 fully saturated rings. The van der Waals surface area contributed by atoms with E-state index in [0.717, 1.165) is 44.2 Å². The Kier molecular flexibility index (Phi) is 4.28. The molecule has 2 rings (SSSR count). The number of hydrogen-bond donors (Lipinski definition) is 1. The summed E-state index contributed by atoms with van der Waals surface area (Å²) in [5.74, 6) is 0.964. The lowest BCUT2D eigenvalue weighted by atomic mass is 10.2. The predicted octanol–water partition coefficient (Wildman–Crippen LogP) is 0.464. The second-order valence-electron chi connectivity index (χ2n) is 4.30. The maximum absolute atomic E-state index is 5.68. The molecule has 0 saturated carbocycles. The summed E-state index contributed by atoms with van der Waals surface area (Å²) in [6, 6.07) is 2.04. The van der Waals surface area contributed by atoms with E-state index in [2.05, 4.69) is 27.1 Å². The van der Waals surface area contributed by atoms with E-state index in [1.807, 2.05) is 13.1 Å². The largest absolute Gasteiger partial charge is 0.374 e. The molecule has 17 heavy (non-hydrogen) atoms. The average Bonchev–Trinajstić information content (AvgIpc) is 2.40. The van der Waals surface area contributed by atoms with E-state index in [-0.39, 0.29) is 6.10 Å². The maximum atomic E-state index is 5.68. The van der Waals surface area contributed by atoms with Gasteiger partial charge in [0.1, 0.15) is 12.1 Å². The van der Waals surface area contributed by atoms with Crippen molar-refractivity contribution in [2.45, 2.75) is 19.4 Å². The van der Waals surface area contributed by atoms with Gasteiger partial charge in [-0.1, -0.05) is 6.92 Å². The molecule has 0 spiro atoms. The summed E-state index contributed by atoms with van der Waals surface area (Å²) in [4.78, 5) is 10.6. The summed E-state index contributed by atoms with van der Waals surface area (Å²) in [6.07, 6.45) is 2.81. The minimum absolute atomic E-state index is 0.244. The zero-order valence-corrected chi connectivity index (χ0v) is 10.5. The Labute approximate surface area is 102 Å². The van der Waals surface area contributed by atoms with Crippen LogP contribution < -0.4 is 10.2 Å². The Bertz CT molecular complexity index is 352. The average molecular weight is 236 g/mol. The topological polar surface area (TPSA) is 50.3 Å². The number of aromatic nitrogens is 2. The first-order chi connectivity index (χ1) is 8.29. The van der Waals surface area contributed by atoms with Crippen molar-refractivity contribution >= 4 is 5.82 Å². The molecule has 0 bridgehead atoms. The molecule has 2 heterocycles. The molecule has 0 radical (unpaired) electrons. The number of anilines is 1. The molecule has 1 aliphatic rings. The Hall–Kier alpha value is -1.20. The van der Waals surface area contributed by atoms with Gasteiger partial charge < -0.3 is 15.0 Å².